The zero-order chi connectivity index (χ0) is 31.0. The number of aliphatic imine (C=N–C) groups is 1. The number of hydrogen-bond donors (Lipinski definition) is 1. The Balaban J connectivity index is -0.00000145. The number of benzene rings is 1. The molecule has 0 aliphatic heterocycles. The first-order valence-corrected chi connectivity index (χ1v) is 13.9. The van der Waals surface area contributed by atoms with Gasteiger partial charge in [-0.05, 0) is 74.1 Å². The van der Waals surface area contributed by atoms with Gasteiger partial charge in [-0.25, -0.2) is 4.79 Å². The van der Waals surface area contributed by atoms with Crippen LogP contribution >= 0.6 is 0 Å². The van der Waals surface area contributed by atoms with E-state index < -0.39 is 5.97 Å². The Hall–Kier alpha value is -3.28. The lowest BCUT2D eigenvalue weighted by Gasteiger charge is -2.13. The maximum Gasteiger partial charge on any atom is 0.343 e. The van der Waals surface area contributed by atoms with Gasteiger partial charge in [0.05, 0.1) is 20.8 Å². The summed E-state index contributed by atoms with van der Waals surface area (Å²) in [5, 5.41) is 10.5. The Kier molecular flexibility index (Phi) is 25.8. The number of methoxy groups -OCH3 is 2. The van der Waals surface area contributed by atoms with E-state index >= 15 is 0 Å². The summed E-state index contributed by atoms with van der Waals surface area (Å²) >= 11 is 0. The highest BCUT2D eigenvalue weighted by Gasteiger charge is 2.13. The predicted octanol–water partition coefficient (Wildman–Crippen LogP) is 9.18. The van der Waals surface area contributed by atoms with Gasteiger partial charge in [0.2, 0.25) is 0 Å². The predicted molar refractivity (Wildman–Crippen MR) is 169 cm³/mol. The van der Waals surface area contributed by atoms with Crippen molar-refractivity contribution in [2.75, 3.05) is 27.4 Å². The first kappa shape index (κ1) is 40.2. The van der Waals surface area contributed by atoms with Crippen molar-refractivity contribution in [3.05, 3.63) is 65.0 Å². The van der Waals surface area contributed by atoms with Crippen LogP contribution in [0.25, 0.3) is 5.57 Å². The number of rotatable bonds is 11. The van der Waals surface area contributed by atoms with Crippen LogP contribution in [0.2, 0.25) is 0 Å². The molecule has 0 saturated heterocycles. The molecule has 1 rings (SSSR count). The minimum absolute atomic E-state index is 0.00774. The highest BCUT2D eigenvalue weighted by Crippen LogP contribution is 2.31. The van der Waals surface area contributed by atoms with Gasteiger partial charge in [0.15, 0.2) is 0 Å². The van der Waals surface area contributed by atoms with Gasteiger partial charge in [-0.1, -0.05) is 68.0 Å². The topological polar surface area (TPSA) is 77.4 Å². The van der Waals surface area contributed by atoms with Crippen LogP contribution in [-0.2, 0) is 9.53 Å². The van der Waals surface area contributed by atoms with Crippen LogP contribution in [0.5, 0.6) is 11.5 Å². The van der Waals surface area contributed by atoms with Crippen molar-refractivity contribution in [2.45, 2.75) is 82.6 Å². The van der Waals surface area contributed by atoms with E-state index in [1.165, 1.54) is 19.4 Å². The van der Waals surface area contributed by atoms with Crippen LogP contribution < -0.4 is 9.47 Å². The number of nitrogens with zero attached hydrogens (tertiary/aromatic N) is 1. The number of aliphatic hydroxyl groups is 1. The molecule has 0 aliphatic rings. The second-order valence-electron chi connectivity index (χ2n) is 8.53. The van der Waals surface area contributed by atoms with Crippen molar-refractivity contribution >= 4 is 17.8 Å². The molecule has 0 unspecified atom stereocenters. The van der Waals surface area contributed by atoms with Gasteiger partial charge in [-0.2, -0.15) is 0 Å². The number of hydrogen-bond acceptors (Lipinski definition) is 6. The van der Waals surface area contributed by atoms with E-state index in [-0.39, 0.29) is 11.3 Å². The van der Waals surface area contributed by atoms with E-state index in [0.29, 0.717) is 24.7 Å². The van der Waals surface area contributed by atoms with Crippen LogP contribution in [-0.4, -0.2) is 44.7 Å². The number of carbonyl (C=O) groups excluding carboxylic acids is 1. The summed E-state index contributed by atoms with van der Waals surface area (Å²) in [6.45, 7) is 27.4. The normalized spacial score (nSPS) is 11.6. The summed E-state index contributed by atoms with van der Waals surface area (Å²) in [6, 6.07) is 5.55. The van der Waals surface area contributed by atoms with Gasteiger partial charge in [0.1, 0.15) is 22.8 Å². The standard InChI is InChI=1S/C25H33NO5.C4H10.2C2H6/c1-8-12-26-16-22(25(28)30-7)23(27)14-18(4)17(3)13-19(5)21-15-20(29-6)10-11-24(21)31-9-2;1-4(2)3;2*1-2/h10-11,13-16,27H,5,8-9,12H2,1-4,6-7H3;4H,1-3H3;2*1-2H3/b17-13+,18-14+,23-22-,26-16?;;;. The van der Waals surface area contributed by atoms with Crippen molar-refractivity contribution in [3.63, 3.8) is 0 Å². The van der Waals surface area contributed by atoms with Crippen molar-refractivity contribution in [1.29, 1.82) is 0 Å². The van der Waals surface area contributed by atoms with Gasteiger partial charge < -0.3 is 19.3 Å². The summed E-state index contributed by atoms with van der Waals surface area (Å²) in [5.74, 6) is 1.39. The third-order valence-electron chi connectivity index (χ3n) is 4.45. The summed E-state index contributed by atoms with van der Waals surface area (Å²) < 4.78 is 15.8. The highest BCUT2D eigenvalue weighted by atomic mass is 16.5. The number of allylic oxidation sites excluding steroid dienone is 5. The van der Waals surface area contributed by atoms with Gasteiger partial charge >= 0.3 is 5.97 Å². The van der Waals surface area contributed by atoms with Crippen LogP contribution in [0.15, 0.2) is 64.4 Å². The Morgan fingerprint density at radius 2 is 1.56 bits per heavy atom. The van der Waals surface area contributed by atoms with Crippen molar-refractivity contribution in [3.8, 4) is 11.5 Å². The molecule has 222 valence electrons. The lowest BCUT2D eigenvalue weighted by Crippen LogP contribution is -2.09. The Labute approximate surface area is 239 Å². The lowest BCUT2D eigenvalue weighted by molar-refractivity contribution is -0.135. The van der Waals surface area contributed by atoms with E-state index in [4.69, 9.17) is 14.2 Å². The summed E-state index contributed by atoms with van der Waals surface area (Å²) in [6.07, 6.45) is 5.58. The molecule has 1 N–H and O–H groups in total. The molecule has 0 aromatic heterocycles. The molecule has 6 nitrogen and oxygen atoms in total. The average Bonchev–Trinajstić information content (AvgIpc) is 2.92. The van der Waals surface area contributed by atoms with Crippen LogP contribution in [0, 0.1) is 5.92 Å². The second kappa shape index (κ2) is 25.0. The van der Waals surface area contributed by atoms with E-state index in [9.17, 15) is 9.90 Å². The van der Waals surface area contributed by atoms with Gasteiger partial charge in [-0.15, -0.1) is 0 Å². The number of aliphatic hydroxyl groups excluding tert-OH is 1. The highest BCUT2D eigenvalue weighted by molar-refractivity contribution is 6.10. The molecule has 6 heteroatoms. The van der Waals surface area contributed by atoms with Crippen LogP contribution in [0.4, 0.5) is 0 Å². The molecule has 0 spiro atoms. The zero-order valence-electron chi connectivity index (χ0n) is 26.9. The minimum atomic E-state index is -0.648. The number of esters is 1. The average molecular weight is 546 g/mol. The molecule has 0 fully saturated rings. The molecule has 1 aromatic rings. The molecule has 0 radical (unpaired) electrons. The van der Waals surface area contributed by atoms with Crippen molar-refractivity contribution in [2.24, 2.45) is 10.9 Å². The quantitative estimate of drug-likeness (QED) is 0.0986. The van der Waals surface area contributed by atoms with E-state index in [0.717, 1.165) is 34.6 Å². The molecule has 39 heavy (non-hydrogen) atoms. The van der Waals surface area contributed by atoms with Crippen molar-refractivity contribution in [1.82, 2.24) is 0 Å². The third-order valence-corrected chi connectivity index (χ3v) is 4.45. The SMILES string of the molecule is C=C(/C=C(C)/C(C)=C/C(O)=C(\C=NCCC)C(=O)OC)c1cc(OC)ccc1OCC.CC.CC.CC(C)C. The molecule has 0 heterocycles. The maximum atomic E-state index is 12.0. The Morgan fingerprint density at radius 1 is 1.03 bits per heavy atom. The van der Waals surface area contributed by atoms with Crippen molar-refractivity contribution < 1.29 is 24.1 Å². The zero-order valence-corrected chi connectivity index (χ0v) is 26.9. The number of carbonyl (C=O) groups is 1. The first-order chi connectivity index (χ1) is 18.5. The molecule has 1 aromatic carbocycles. The first-order valence-electron chi connectivity index (χ1n) is 13.9. The molecular weight excluding hydrogens is 490 g/mol. The fraction of sp³-hybridized carbons (Fsp3) is 0.515. The monoisotopic (exact) mass is 545 g/mol. The van der Waals surface area contributed by atoms with Crippen LogP contribution in [0.1, 0.15) is 88.1 Å². The molecular formula is C33H55NO5. The smallest absolute Gasteiger partial charge is 0.343 e. The Morgan fingerprint density at radius 3 is 2.03 bits per heavy atom. The maximum absolute atomic E-state index is 12.0. The summed E-state index contributed by atoms with van der Waals surface area (Å²) in [4.78, 5) is 16.1. The lowest BCUT2D eigenvalue weighted by atomic mass is 10.00. The summed E-state index contributed by atoms with van der Waals surface area (Å²) in [7, 11) is 2.87. The molecule has 0 amide bonds. The molecule has 0 atom stereocenters. The molecule has 0 aliphatic carbocycles. The largest absolute Gasteiger partial charge is 0.507 e. The van der Waals surface area contributed by atoms with Gasteiger partial charge in [0.25, 0.3) is 0 Å². The fourth-order valence-corrected chi connectivity index (χ4v) is 2.64. The Bertz CT molecular complexity index is 950. The number of ether oxygens (including phenoxy) is 3. The molecule has 0 saturated carbocycles. The summed E-state index contributed by atoms with van der Waals surface area (Å²) in [5.41, 5.74) is 3.17. The second-order valence-corrected chi connectivity index (χ2v) is 8.53. The van der Waals surface area contributed by atoms with Crippen LogP contribution in [0.3, 0.4) is 0 Å². The van der Waals surface area contributed by atoms with E-state index in [1.54, 1.807) is 7.11 Å². The minimum Gasteiger partial charge on any atom is -0.507 e. The van der Waals surface area contributed by atoms with E-state index in [1.807, 2.05) is 79.7 Å². The van der Waals surface area contributed by atoms with E-state index in [2.05, 4.69) is 32.3 Å². The van der Waals surface area contributed by atoms with Gasteiger partial charge in [-0.3, -0.25) is 4.99 Å². The third kappa shape index (κ3) is 17.8. The van der Waals surface area contributed by atoms with Gasteiger partial charge in [0, 0.05) is 18.3 Å². The fourth-order valence-electron chi connectivity index (χ4n) is 2.64. The molecule has 0 bridgehead atoms.